The Kier molecular flexibility index (Phi) is 4.59. The van der Waals surface area contributed by atoms with Crippen LogP contribution in [-0.2, 0) is 16.6 Å². The van der Waals surface area contributed by atoms with Crippen LogP contribution in [0.25, 0.3) is 10.9 Å². The monoisotopic (exact) mass is 361 g/mol. The van der Waals surface area contributed by atoms with Crippen LogP contribution in [0, 0.1) is 0 Å². The molecule has 1 heterocycles. The zero-order valence-corrected chi connectivity index (χ0v) is 14.5. The summed E-state index contributed by atoms with van der Waals surface area (Å²) in [6, 6.07) is 14.7. The number of pyridine rings is 1. The number of para-hydroxylation sites is 1. The Hall–Kier alpha value is -2.31. The van der Waals surface area contributed by atoms with Crippen LogP contribution in [0.1, 0.15) is 5.56 Å². The number of nitrogens with one attached hydrogen (secondary N) is 2. The molecule has 0 amide bonds. The second-order valence-corrected chi connectivity index (χ2v) is 7.59. The molecule has 2 N–H and O–H groups in total. The van der Waals surface area contributed by atoms with E-state index in [0.29, 0.717) is 17.3 Å². The average Bonchev–Trinajstić information content (AvgIpc) is 2.52. The molecule has 1 aromatic heterocycles. The second kappa shape index (κ2) is 6.67. The molecule has 124 valence electrons. The normalized spacial score (nSPS) is 11.4. The predicted octanol–water partition coefficient (Wildman–Crippen LogP) is 3.87. The van der Waals surface area contributed by atoms with Crippen molar-refractivity contribution in [2.75, 3.05) is 16.3 Å². The molecule has 0 unspecified atom stereocenters. The summed E-state index contributed by atoms with van der Waals surface area (Å²) in [5.74, 6) is 0. The number of halogens is 1. The molecule has 3 aromatic rings. The van der Waals surface area contributed by atoms with Gasteiger partial charge in [0.1, 0.15) is 0 Å². The van der Waals surface area contributed by atoms with Gasteiger partial charge in [0, 0.05) is 28.8 Å². The minimum absolute atomic E-state index is 0.473. The van der Waals surface area contributed by atoms with Crippen molar-refractivity contribution in [3.05, 3.63) is 65.3 Å². The van der Waals surface area contributed by atoms with Gasteiger partial charge in [-0.05, 0) is 35.9 Å². The van der Waals surface area contributed by atoms with Crippen LogP contribution in [0.4, 0.5) is 11.4 Å². The van der Waals surface area contributed by atoms with Crippen LogP contribution in [0.15, 0.2) is 54.7 Å². The summed E-state index contributed by atoms with van der Waals surface area (Å²) in [6.07, 6.45) is 2.85. The first-order valence-electron chi connectivity index (χ1n) is 7.26. The third kappa shape index (κ3) is 3.96. The summed E-state index contributed by atoms with van der Waals surface area (Å²) in [4.78, 5) is 4.31. The molecule has 0 fully saturated rings. The smallest absolute Gasteiger partial charge is 0.229 e. The number of aromatic nitrogens is 1. The molecular formula is C17H16ClN3O2S. The Labute approximate surface area is 145 Å². The fourth-order valence-corrected chi connectivity index (χ4v) is 3.20. The molecule has 0 bridgehead atoms. The van der Waals surface area contributed by atoms with Crippen LogP contribution >= 0.6 is 11.6 Å². The second-order valence-electron chi connectivity index (χ2n) is 5.40. The lowest BCUT2D eigenvalue weighted by atomic mass is 10.1. The maximum Gasteiger partial charge on any atom is 0.229 e. The number of hydrogen-bond donors (Lipinski definition) is 2. The van der Waals surface area contributed by atoms with Crippen molar-refractivity contribution in [3.63, 3.8) is 0 Å². The van der Waals surface area contributed by atoms with E-state index in [1.165, 1.54) is 0 Å². The molecule has 7 heteroatoms. The summed E-state index contributed by atoms with van der Waals surface area (Å²) in [5.41, 5.74) is 3.12. The summed E-state index contributed by atoms with van der Waals surface area (Å²) in [7, 11) is -3.32. The van der Waals surface area contributed by atoms with Gasteiger partial charge in [0.25, 0.3) is 0 Å². The Balaban J connectivity index is 1.87. The van der Waals surface area contributed by atoms with Crippen molar-refractivity contribution < 1.29 is 8.42 Å². The zero-order chi connectivity index (χ0) is 17.2. The van der Waals surface area contributed by atoms with Gasteiger partial charge in [-0.2, -0.15) is 0 Å². The first-order chi connectivity index (χ1) is 11.4. The van der Waals surface area contributed by atoms with E-state index in [4.69, 9.17) is 11.6 Å². The number of sulfonamides is 1. The van der Waals surface area contributed by atoms with Gasteiger partial charge in [0.05, 0.1) is 17.5 Å². The van der Waals surface area contributed by atoms with E-state index in [1.54, 1.807) is 24.4 Å². The molecule has 0 atom stereocenters. The molecule has 0 aliphatic heterocycles. The van der Waals surface area contributed by atoms with E-state index in [1.807, 2.05) is 30.3 Å². The standard InChI is InChI=1S/C17H16ClN3O2S/c1-24(22,23)21-15-5-3-2-4-12(15)11-20-16-8-9-19-17-10-13(18)6-7-14(16)17/h2-10,21H,11H2,1H3,(H,19,20). The van der Waals surface area contributed by atoms with Crippen LogP contribution in [0.2, 0.25) is 5.02 Å². The Morgan fingerprint density at radius 1 is 1.08 bits per heavy atom. The maximum absolute atomic E-state index is 11.5. The molecule has 3 rings (SSSR count). The van der Waals surface area contributed by atoms with E-state index >= 15 is 0 Å². The van der Waals surface area contributed by atoms with Crippen LogP contribution in [-0.4, -0.2) is 19.7 Å². The SMILES string of the molecule is CS(=O)(=O)Nc1ccccc1CNc1ccnc2cc(Cl)ccc12. The molecule has 0 spiro atoms. The number of benzene rings is 2. The summed E-state index contributed by atoms with van der Waals surface area (Å²) >= 11 is 6.00. The van der Waals surface area contributed by atoms with Crippen molar-refractivity contribution in [3.8, 4) is 0 Å². The average molecular weight is 362 g/mol. The van der Waals surface area contributed by atoms with E-state index in [9.17, 15) is 8.42 Å². The van der Waals surface area contributed by atoms with Gasteiger partial charge in [-0.1, -0.05) is 29.8 Å². The van der Waals surface area contributed by atoms with Crippen molar-refractivity contribution >= 4 is 43.9 Å². The van der Waals surface area contributed by atoms with Gasteiger partial charge in [0.15, 0.2) is 0 Å². The van der Waals surface area contributed by atoms with Crippen LogP contribution in [0.5, 0.6) is 0 Å². The molecule has 0 saturated carbocycles. The molecular weight excluding hydrogens is 346 g/mol. The lowest BCUT2D eigenvalue weighted by Crippen LogP contribution is -2.12. The summed E-state index contributed by atoms with van der Waals surface area (Å²) < 4.78 is 25.5. The number of hydrogen-bond acceptors (Lipinski definition) is 4. The highest BCUT2D eigenvalue weighted by Crippen LogP contribution is 2.25. The molecule has 0 aliphatic carbocycles. The maximum atomic E-state index is 11.5. The minimum atomic E-state index is -3.32. The van der Waals surface area contributed by atoms with Crippen LogP contribution < -0.4 is 10.0 Å². The Morgan fingerprint density at radius 2 is 1.88 bits per heavy atom. The number of fused-ring (bicyclic) bond motifs is 1. The lowest BCUT2D eigenvalue weighted by molar-refractivity contribution is 0.606. The highest BCUT2D eigenvalue weighted by atomic mass is 35.5. The van der Waals surface area contributed by atoms with Crippen molar-refractivity contribution in [1.29, 1.82) is 0 Å². The topological polar surface area (TPSA) is 71.1 Å². The van der Waals surface area contributed by atoms with Crippen molar-refractivity contribution in [2.24, 2.45) is 0 Å². The molecule has 0 aliphatic rings. The third-order valence-electron chi connectivity index (χ3n) is 3.49. The highest BCUT2D eigenvalue weighted by molar-refractivity contribution is 7.92. The fraction of sp³-hybridized carbons (Fsp3) is 0.118. The van der Waals surface area contributed by atoms with Gasteiger partial charge < -0.3 is 5.32 Å². The largest absolute Gasteiger partial charge is 0.380 e. The van der Waals surface area contributed by atoms with E-state index in [0.717, 1.165) is 28.4 Å². The quantitative estimate of drug-likeness (QED) is 0.723. The molecule has 5 nitrogen and oxygen atoms in total. The van der Waals surface area contributed by atoms with Crippen molar-refractivity contribution in [1.82, 2.24) is 4.98 Å². The Bertz CT molecular complexity index is 990. The van der Waals surface area contributed by atoms with E-state index < -0.39 is 10.0 Å². The van der Waals surface area contributed by atoms with E-state index in [2.05, 4.69) is 15.0 Å². The van der Waals surface area contributed by atoms with Gasteiger partial charge in [-0.3, -0.25) is 9.71 Å². The molecule has 0 saturated heterocycles. The zero-order valence-electron chi connectivity index (χ0n) is 13.0. The first-order valence-corrected chi connectivity index (χ1v) is 9.53. The van der Waals surface area contributed by atoms with Gasteiger partial charge in [0.2, 0.25) is 10.0 Å². The van der Waals surface area contributed by atoms with Gasteiger partial charge in [-0.15, -0.1) is 0 Å². The number of nitrogens with zero attached hydrogens (tertiary/aromatic N) is 1. The van der Waals surface area contributed by atoms with Gasteiger partial charge >= 0.3 is 0 Å². The molecule has 24 heavy (non-hydrogen) atoms. The lowest BCUT2D eigenvalue weighted by Gasteiger charge is -2.13. The highest BCUT2D eigenvalue weighted by Gasteiger charge is 2.08. The molecule has 2 aromatic carbocycles. The number of rotatable bonds is 5. The first kappa shape index (κ1) is 16.5. The van der Waals surface area contributed by atoms with Crippen LogP contribution in [0.3, 0.4) is 0 Å². The minimum Gasteiger partial charge on any atom is -0.380 e. The Morgan fingerprint density at radius 3 is 2.67 bits per heavy atom. The molecule has 0 radical (unpaired) electrons. The van der Waals surface area contributed by atoms with Crippen molar-refractivity contribution in [2.45, 2.75) is 6.54 Å². The number of anilines is 2. The summed E-state index contributed by atoms with van der Waals surface area (Å²) in [6.45, 7) is 0.473. The third-order valence-corrected chi connectivity index (χ3v) is 4.31. The summed E-state index contributed by atoms with van der Waals surface area (Å²) in [5, 5.41) is 4.92. The fourth-order valence-electron chi connectivity index (χ4n) is 2.44. The van der Waals surface area contributed by atoms with E-state index in [-0.39, 0.29) is 0 Å². The van der Waals surface area contributed by atoms with Gasteiger partial charge in [-0.25, -0.2) is 8.42 Å². The predicted molar refractivity (Wildman–Crippen MR) is 99.0 cm³/mol.